The van der Waals surface area contributed by atoms with Crippen LogP contribution in [0.2, 0.25) is 0 Å². The topological polar surface area (TPSA) is 83.5 Å². The quantitative estimate of drug-likeness (QED) is 0.624. The van der Waals surface area contributed by atoms with Crippen molar-refractivity contribution in [3.63, 3.8) is 0 Å². The summed E-state index contributed by atoms with van der Waals surface area (Å²) in [6.45, 7) is 1.86. The second kappa shape index (κ2) is 8.55. The molecule has 176 valence electrons. The Balaban J connectivity index is 1.34. The summed E-state index contributed by atoms with van der Waals surface area (Å²) in [5, 5.41) is 13.7. The number of amides is 1. The SMILES string of the molecule is C[C@@H](NC(=O)C12CC3CC(CC(C3)C1)C2)c1ccccc1S(=O)(=O)C[C@H](O)c1ccccc1. The molecular formula is C27H33NO4S. The lowest BCUT2D eigenvalue weighted by Gasteiger charge is -2.55. The molecule has 5 nitrogen and oxygen atoms in total. The third kappa shape index (κ3) is 4.35. The van der Waals surface area contributed by atoms with Crippen LogP contribution in [0.15, 0.2) is 59.5 Å². The van der Waals surface area contributed by atoms with Crippen LogP contribution in [0, 0.1) is 23.2 Å². The van der Waals surface area contributed by atoms with Crippen LogP contribution in [0.5, 0.6) is 0 Å². The minimum Gasteiger partial charge on any atom is -0.387 e. The number of carbonyl (C=O) groups is 1. The van der Waals surface area contributed by atoms with E-state index in [0.29, 0.717) is 28.9 Å². The molecule has 4 bridgehead atoms. The van der Waals surface area contributed by atoms with Crippen LogP contribution in [-0.4, -0.2) is 25.2 Å². The van der Waals surface area contributed by atoms with Crippen LogP contribution in [0.4, 0.5) is 0 Å². The molecule has 4 saturated carbocycles. The smallest absolute Gasteiger partial charge is 0.226 e. The highest BCUT2D eigenvalue weighted by atomic mass is 32.2. The highest BCUT2D eigenvalue weighted by Gasteiger charge is 2.54. The van der Waals surface area contributed by atoms with Gasteiger partial charge in [0.2, 0.25) is 5.91 Å². The number of benzene rings is 2. The van der Waals surface area contributed by atoms with Crippen molar-refractivity contribution in [2.45, 2.75) is 62.5 Å². The molecular weight excluding hydrogens is 434 g/mol. The third-order valence-corrected chi connectivity index (χ3v) is 9.95. The van der Waals surface area contributed by atoms with E-state index in [1.807, 2.05) is 13.0 Å². The van der Waals surface area contributed by atoms with Gasteiger partial charge in [-0.25, -0.2) is 8.42 Å². The fourth-order valence-electron chi connectivity index (χ4n) is 7.01. The van der Waals surface area contributed by atoms with Crippen LogP contribution < -0.4 is 5.32 Å². The molecule has 0 aromatic heterocycles. The summed E-state index contributed by atoms with van der Waals surface area (Å²) >= 11 is 0. The number of nitrogens with one attached hydrogen (secondary N) is 1. The molecule has 0 spiro atoms. The summed E-state index contributed by atoms with van der Waals surface area (Å²) in [5.41, 5.74) is 0.873. The van der Waals surface area contributed by atoms with Gasteiger partial charge in [0, 0.05) is 5.41 Å². The molecule has 0 unspecified atom stereocenters. The lowest BCUT2D eigenvalue weighted by atomic mass is 9.49. The molecule has 2 aromatic rings. The molecule has 0 saturated heterocycles. The number of sulfone groups is 1. The van der Waals surface area contributed by atoms with E-state index in [1.54, 1.807) is 48.5 Å². The number of hydrogen-bond donors (Lipinski definition) is 2. The molecule has 2 atom stereocenters. The molecule has 4 aliphatic carbocycles. The van der Waals surface area contributed by atoms with Gasteiger partial charge in [-0.3, -0.25) is 4.79 Å². The Morgan fingerprint density at radius 2 is 1.52 bits per heavy atom. The van der Waals surface area contributed by atoms with E-state index in [1.165, 1.54) is 19.3 Å². The summed E-state index contributed by atoms with van der Waals surface area (Å²) in [4.78, 5) is 13.7. The van der Waals surface area contributed by atoms with Crippen LogP contribution in [0.1, 0.15) is 68.7 Å². The van der Waals surface area contributed by atoms with Crippen LogP contribution >= 0.6 is 0 Å². The van der Waals surface area contributed by atoms with Crippen molar-refractivity contribution in [2.24, 2.45) is 23.2 Å². The van der Waals surface area contributed by atoms with E-state index in [9.17, 15) is 18.3 Å². The zero-order chi connectivity index (χ0) is 23.2. The maximum absolute atomic E-state index is 13.5. The molecule has 33 heavy (non-hydrogen) atoms. The van der Waals surface area contributed by atoms with Crippen molar-refractivity contribution < 1.29 is 18.3 Å². The van der Waals surface area contributed by atoms with Crippen LogP contribution in [0.25, 0.3) is 0 Å². The molecule has 0 radical (unpaired) electrons. The Morgan fingerprint density at radius 1 is 0.970 bits per heavy atom. The Labute approximate surface area is 196 Å². The predicted octanol–water partition coefficient (Wildman–Crippen LogP) is 4.59. The predicted molar refractivity (Wildman–Crippen MR) is 127 cm³/mol. The van der Waals surface area contributed by atoms with Gasteiger partial charge in [0.1, 0.15) is 0 Å². The normalized spacial score (nSPS) is 30.1. The highest BCUT2D eigenvalue weighted by Crippen LogP contribution is 2.60. The first-order valence-corrected chi connectivity index (χ1v) is 13.8. The first-order chi connectivity index (χ1) is 15.8. The van der Waals surface area contributed by atoms with Crippen LogP contribution in [-0.2, 0) is 14.6 Å². The second-order valence-electron chi connectivity index (χ2n) is 10.6. The van der Waals surface area contributed by atoms with E-state index < -0.39 is 27.7 Å². The van der Waals surface area contributed by atoms with Gasteiger partial charge in [0.25, 0.3) is 0 Å². The monoisotopic (exact) mass is 467 g/mol. The maximum Gasteiger partial charge on any atom is 0.226 e. The summed E-state index contributed by atoms with van der Waals surface area (Å²) in [5.74, 6) is 1.70. The average Bonchev–Trinajstić information content (AvgIpc) is 2.78. The molecule has 4 fully saturated rings. The number of aliphatic hydroxyl groups is 1. The van der Waals surface area contributed by atoms with Gasteiger partial charge in [0.05, 0.1) is 22.8 Å². The molecule has 6 rings (SSSR count). The van der Waals surface area contributed by atoms with E-state index in [-0.39, 0.29) is 16.2 Å². The first kappa shape index (κ1) is 22.6. The minimum absolute atomic E-state index is 0.0885. The molecule has 1 amide bonds. The minimum atomic E-state index is -3.77. The van der Waals surface area contributed by atoms with Crippen LogP contribution in [0.3, 0.4) is 0 Å². The zero-order valence-electron chi connectivity index (χ0n) is 19.1. The van der Waals surface area contributed by atoms with Gasteiger partial charge >= 0.3 is 0 Å². The Kier molecular flexibility index (Phi) is 5.86. The fraction of sp³-hybridized carbons (Fsp3) is 0.519. The largest absolute Gasteiger partial charge is 0.387 e. The second-order valence-corrected chi connectivity index (χ2v) is 12.6. The Bertz CT molecular complexity index is 1090. The van der Waals surface area contributed by atoms with Crippen molar-refractivity contribution in [3.05, 3.63) is 65.7 Å². The standard InChI is InChI=1S/C27H33NO4S/c1-18(28-26(30)27-14-19-11-20(15-27)13-21(12-19)16-27)23-9-5-6-10-25(23)33(31,32)17-24(29)22-7-3-2-4-8-22/h2-10,18-21,24,29H,11-17H2,1H3,(H,28,30)/t18-,19?,20?,21?,24+,27?/m1/s1. The summed E-state index contributed by atoms with van der Waals surface area (Å²) in [7, 11) is -3.77. The van der Waals surface area contributed by atoms with Crippen molar-refractivity contribution >= 4 is 15.7 Å². The number of hydrogen-bond acceptors (Lipinski definition) is 4. The highest BCUT2D eigenvalue weighted by molar-refractivity contribution is 7.91. The molecule has 6 heteroatoms. The fourth-order valence-corrected chi connectivity index (χ4v) is 8.68. The zero-order valence-corrected chi connectivity index (χ0v) is 19.9. The lowest BCUT2D eigenvalue weighted by Crippen LogP contribution is -2.53. The maximum atomic E-state index is 13.5. The first-order valence-electron chi connectivity index (χ1n) is 12.1. The third-order valence-electron chi connectivity index (χ3n) is 8.15. The summed E-state index contributed by atoms with van der Waals surface area (Å²) in [6, 6.07) is 15.2. The van der Waals surface area contributed by atoms with Gasteiger partial charge in [-0.05, 0) is 80.4 Å². The van der Waals surface area contributed by atoms with Gasteiger partial charge < -0.3 is 10.4 Å². The van der Waals surface area contributed by atoms with Gasteiger partial charge in [-0.2, -0.15) is 0 Å². The van der Waals surface area contributed by atoms with E-state index in [0.717, 1.165) is 19.3 Å². The average molecular weight is 468 g/mol. The molecule has 2 aromatic carbocycles. The van der Waals surface area contributed by atoms with E-state index in [4.69, 9.17) is 0 Å². The Morgan fingerprint density at radius 3 is 2.12 bits per heavy atom. The molecule has 2 N–H and O–H groups in total. The van der Waals surface area contributed by atoms with Gasteiger partial charge in [-0.1, -0.05) is 48.5 Å². The molecule has 0 aliphatic heterocycles. The van der Waals surface area contributed by atoms with Gasteiger partial charge in [0.15, 0.2) is 9.84 Å². The molecule has 4 aliphatic rings. The lowest BCUT2D eigenvalue weighted by molar-refractivity contribution is -0.147. The van der Waals surface area contributed by atoms with E-state index in [2.05, 4.69) is 5.32 Å². The number of carbonyl (C=O) groups excluding carboxylic acids is 1. The van der Waals surface area contributed by atoms with Crippen molar-refractivity contribution in [2.75, 3.05) is 5.75 Å². The summed E-state index contributed by atoms with van der Waals surface area (Å²) < 4.78 is 26.6. The molecule has 0 heterocycles. The number of aliphatic hydroxyl groups excluding tert-OH is 1. The van der Waals surface area contributed by atoms with Gasteiger partial charge in [-0.15, -0.1) is 0 Å². The van der Waals surface area contributed by atoms with Crippen molar-refractivity contribution in [3.8, 4) is 0 Å². The summed E-state index contributed by atoms with van der Waals surface area (Å²) in [6.07, 6.45) is 5.62. The van der Waals surface area contributed by atoms with Crippen molar-refractivity contribution in [1.29, 1.82) is 0 Å². The Hall–Kier alpha value is -2.18. The van der Waals surface area contributed by atoms with E-state index >= 15 is 0 Å². The van der Waals surface area contributed by atoms with Crippen molar-refractivity contribution in [1.82, 2.24) is 5.32 Å². The number of rotatable bonds is 7.